The summed E-state index contributed by atoms with van der Waals surface area (Å²) in [5.41, 5.74) is 3.82. The molecule has 1 amide bonds. The third-order valence-corrected chi connectivity index (χ3v) is 5.94. The van der Waals surface area contributed by atoms with Gasteiger partial charge in [0.2, 0.25) is 0 Å². The fourth-order valence-electron chi connectivity index (χ4n) is 4.47. The number of aromatic nitrogens is 1. The monoisotopic (exact) mass is 438 g/mol. The second-order valence-corrected chi connectivity index (χ2v) is 7.96. The van der Waals surface area contributed by atoms with Crippen LogP contribution in [0.5, 0.6) is 0 Å². The zero-order chi connectivity index (χ0) is 22.2. The van der Waals surface area contributed by atoms with Crippen molar-refractivity contribution in [3.8, 4) is 0 Å². The molecule has 0 spiro atoms. The Morgan fingerprint density at radius 1 is 1.19 bits per heavy atom. The van der Waals surface area contributed by atoms with Crippen LogP contribution < -0.4 is 10.3 Å². The Morgan fingerprint density at radius 3 is 2.72 bits per heavy atom. The number of likely N-dealkylation sites (tertiary alicyclic amines) is 1. The van der Waals surface area contributed by atoms with Gasteiger partial charge in [-0.2, -0.15) is 10.1 Å². The number of benzene rings is 2. The fourth-order valence-corrected chi connectivity index (χ4v) is 4.47. The number of hydrogen-bond donors (Lipinski definition) is 2. The molecule has 32 heavy (non-hydrogen) atoms. The van der Waals surface area contributed by atoms with Gasteiger partial charge >= 0.3 is 0 Å². The average molecular weight is 438 g/mol. The summed E-state index contributed by atoms with van der Waals surface area (Å²) in [7, 11) is 0. The molecule has 164 valence electrons. The standard InChI is InChI=1S/C22H20F2N6O2/c23-15-4-5-17-19(8-15)32-22(27-17)30-11-13-9-29(10-14(13)12-30)21(31)20-16(24)2-1-3-18(20)28-26-7-6-25/h1-8,13-14,25,28H,9-12H2/b25-6?,26-7-. The largest absolute Gasteiger partial charge is 0.423 e. The predicted molar refractivity (Wildman–Crippen MR) is 116 cm³/mol. The molecule has 10 heteroatoms. The molecular weight excluding hydrogens is 418 g/mol. The average Bonchev–Trinajstić information content (AvgIpc) is 3.46. The Kier molecular flexibility index (Phi) is 5.04. The van der Waals surface area contributed by atoms with Crippen molar-refractivity contribution >= 4 is 41.1 Å². The van der Waals surface area contributed by atoms with E-state index in [1.54, 1.807) is 17.0 Å². The zero-order valence-electron chi connectivity index (χ0n) is 17.0. The van der Waals surface area contributed by atoms with Crippen molar-refractivity contribution in [3.63, 3.8) is 0 Å². The summed E-state index contributed by atoms with van der Waals surface area (Å²) in [4.78, 5) is 21.2. The maximum absolute atomic E-state index is 14.5. The molecule has 1 aromatic heterocycles. The summed E-state index contributed by atoms with van der Waals surface area (Å²) in [5, 5.41) is 10.8. The Morgan fingerprint density at radius 2 is 1.97 bits per heavy atom. The third kappa shape index (κ3) is 3.57. The van der Waals surface area contributed by atoms with E-state index in [1.807, 2.05) is 4.90 Å². The lowest BCUT2D eigenvalue weighted by Gasteiger charge is -2.22. The lowest BCUT2D eigenvalue weighted by Crippen LogP contribution is -2.34. The van der Waals surface area contributed by atoms with Crippen molar-refractivity contribution in [2.75, 3.05) is 36.5 Å². The minimum atomic E-state index is -0.623. The number of hydrogen-bond acceptors (Lipinski definition) is 7. The van der Waals surface area contributed by atoms with Crippen LogP contribution >= 0.6 is 0 Å². The van der Waals surface area contributed by atoms with Crippen LogP contribution in [0.4, 0.5) is 20.5 Å². The first-order valence-electron chi connectivity index (χ1n) is 10.2. The number of nitrogens with zero attached hydrogens (tertiary/aromatic N) is 4. The van der Waals surface area contributed by atoms with E-state index in [-0.39, 0.29) is 28.9 Å². The number of carbonyl (C=O) groups is 1. The lowest BCUT2D eigenvalue weighted by molar-refractivity contribution is 0.0779. The van der Waals surface area contributed by atoms with Gasteiger partial charge in [0, 0.05) is 50.3 Å². The highest BCUT2D eigenvalue weighted by molar-refractivity contribution is 6.14. The van der Waals surface area contributed by atoms with Gasteiger partial charge in [-0.1, -0.05) is 6.07 Å². The molecule has 0 aliphatic carbocycles. The maximum Gasteiger partial charge on any atom is 0.298 e. The topological polar surface area (TPSA) is 97.8 Å². The molecule has 2 fully saturated rings. The summed E-state index contributed by atoms with van der Waals surface area (Å²) in [6.07, 6.45) is 2.18. The maximum atomic E-state index is 14.5. The van der Waals surface area contributed by atoms with Gasteiger partial charge in [0.15, 0.2) is 5.58 Å². The number of halogens is 2. The van der Waals surface area contributed by atoms with Gasteiger partial charge in [0.05, 0.1) is 11.9 Å². The van der Waals surface area contributed by atoms with Crippen molar-refractivity contribution in [3.05, 3.63) is 53.6 Å². The molecule has 2 aliphatic heterocycles. The Hall–Kier alpha value is -3.82. The first-order valence-corrected chi connectivity index (χ1v) is 10.2. The van der Waals surface area contributed by atoms with Gasteiger partial charge in [-0.3, -0.25) is 10.2 Å². The Balaban J connectivity index is 1.30. The van der Waals surface area contributed by atoms with Crippen LogP contribution in [0.2, 0.25) is 0 Å². The molecule has 0 radical (unpaired) electrons. The van der Waals surface area contributed by atoms with Crippen LogP contribution in [0.1, 0.15) is 10.4 Å². The summed E-state index contributed by atoms with van der Waals surface area (Å²) >= 11 is 0. The third-order valence-electron chi connectivity index (χ3n) is 5.94. The van der Waals surface area contributed by atoms with Crippen molar-refractivity contribution in [1.29, 1.82) is 5.41 Å². The Bertz CT molecular complexity index is 1210. The zero-order valence-corrected chi connectivity index (χ0v) is 17.0. The van der Waals surface area contributed by atoms with E-state index in [1.165, 1.54) is 30.5 Å². The first-order chi connectivity index (χ1) is 15.5. The molecule has 2 saturated heterocycles. The summed E-state index contributed by atoms with van der Waals surface area (Å²) in [6.45, 7) is 2.28. The highest BCUT2D eigenvalue weighted by Crippen LogP contribution is 2.36. The van der Waals surface area contributed by atoms with E-state index >= 15 is 0 Å². The summed E-state index contributed by atoms with van der Waals surface area (Å²) in [6, 6.07) is 9.01. The normalized spacial score (nSPS) is 20.3. The number of amides is 1. The molecule has 0 saturated carbocycles. The van der Waals surface area contributed by atoms with Crippen LogP contribution in [-0.2, 0) is 0 Å². The lowest BCUT2D eigenvalue weighted by atomic mass is 10.0. The van der Waals surface area contributed by atoms with Crippen LogP contribution in [0.15, 0.2) is 45.9 Å². The quantitative estimate of drug-likeness (QED) is 0.470. The van der Waals surface area contributed by atoms with Gasteiger partial charge in [0.1, 0.15) is 22.7 Å². The molecule has 8 nitrogen and oxygen atoms in total. The number of carbonyl (C=O) groups excluding carboxylic acids is 1. The minimum absolute atomic E-state index is 0.0626. The van der Waals surface area contributed by atoms with E-state index in [0.717, 1.165) is 6.21 Å². The van der Waals surface area contributed by atoms with Crippen LogP contribution in [0.25, 0.3) is 11.1 Å². The number of fused-ring (bicyclic) bond motifs is 2. The predicted octanol–water partition coefficient (Wildman–Crippen LogP) is 3.36. The Labute approximate surface area is 182 Å². The highest BCUT2D eigenvalue weighted by atomic mass is 19.1. The SMILES string of the molecule is N=C/C=N\Nc1cccc(F)c1C(=O)N1CC2CN(c3nc4ccc(F)cc4o3)CC2C1. The van der Waals surface area contributed by atoms with Crippen molar-refractivity contribution in [2.45, 2.75) is 0 Å². The smallest absolute Gasteiger partial charge is 0.298 e. The number of anilines is 2. The molecule has 2 aromatic carbocycles. The van der Waals surface area contributed by atoms with Crippen LogP contribution in [-0.4, -0.2) is 54.4 Å². The second-order valence-electron chi connectivity index (χ2n) is 7.96. The fraction of sp³-hybridized carbons (Fsp3) is 0.273. The molecule has 3 aromatic rings. The van der Waals surface area contributed by atoms with Crippen molar-refractivity contribution in [2.24, 2.45) is 16.9 Å². The van der Waals surface area contributed by atoms with Gasteiger partial charge in [-0.25, -0.2) is 8.78 Å². The first kappa shape index (κ1) is 20.1. The summed E-state index contributed by atoms with van der Waals surface area (Å²) < 4.78 is 33.7. The molecule has 0 bridgehead atoms. The van der Waals surface area contributed by atoms with Gasteiger partial charge in [-0.05, 0) is 24.3 Å². The van der Waals surface area contributed by atoms with Crippen LogP contribution in [0, 0.1) is 28.9 Å². The number of hydrazone groups is 1. The molecule has 2 atom stereocenters. The molecule has 2 unspecified atom stereocenters. The molecular formula is C22H20F2N6O2. The molecule has 2 aliphatic rings. The van der Waals surface area contributed by atoms with Crippen LogP contribution in [0.3, 0.4) is 0 Å². The van der Waals surface area contributed by atoms with E-state index in [0.29, 0.717) is 43.3 Å². The summed E-state index contributed by atoms with van der Waals surface area (Å²) in [5.74, 6) is -0.996. The minimum Gasteiger partial charge on any atom is -0.423 e. The van der Waals surface area contributed by atoms with E-state index in [9.17, 15) is 13.6 Å². The van der Waals surface area contributed by atoms with Gasteiger partial charge in [-0.15, -0.1) is 0 Å². The van der Waals surface area contributed by atoms with Gasteiger partial charge in [0.25, 0.3) is 11.9 Å². The molecule has 2 N–H and O–H groups in total. The number of rotatable bonds is 5. The molecule has 5 rings (SSSR count). The number of nitrogens with one attached hydrogen (secondary N) is 2. The van der Waals surface area contributed by atoms with E-state index < -0.39 is 11.7 Å². The van der Waals surface area contributed by atoms with E-state index in [2.05, 4.69) is 15.5 Å². The number of oxazole rings is 1. The van der Waals surface area contributed by atoms with E-state index in [4.69, 9.17) is 9.83 Å². The van der Waals surface area contributed by atoms with Crippen molar-refractivity contribution in [1.82, 2.24) is 9.88 Å². The second kappa shape index (κ2) is 8.03. The van der Waals surface area contributed by atoms with Crippen molar-refractivity contribution < 1.29 is 18.0 Å². The van der Waals surface area contributed by atoms with Gasteiger partial charge < -0.3 is 19.6 Å². The molecule has 3 heterocycles. The highest BCUT2D eigenvalue weighted by Gasteiger charge is 2.43.